The summed E-state index contributed by atoms with van der Waals surface area (Å²) in [6.45, 7) is 5.05. The van der Waals surface area contributed by atoms with Gasteiger partial charge in [0.15, 0.2) is 0 Å². The van der Waals surface area contributed by atoms with Gasteiger partial charge in [-0.05, 0) is 67.1 Å². The lowest BCUT2D eigenvalue weighted by Crippen LogP contribution is -2.16. The Hall–Kier alpha value is -3.89. The number of benzene rings is 2. The van der Waals surface area contributed by atoms with Crippen molar-refractivity contribution in [2.24, 2.45) is 0 Å². The van der Waals surface area contributed by atoms with Crippen LogP contribution in [0.1, 0.15) is 60.5 Å². The molecule has 1 aliphatic carbocycles. The lowest BCUT2D eigenvalue weighted by molar-refractivity contribution is -0.140. The SMILES string of the molecule is CC#CC(CC(=O)OC)c1ccc(O[C@@H]2CCc3c(-c4cnc(O[C@@H]5CCOC5)cc4C)ccc(F)c32)cc1. The summed E-state index contributed by atoms with van der Waals surface area (Å²) in [6.07, 6.45) is 3.86. The summed E-state index contributed by atoms with van der Waals surface area (Å²) in [5.41, 5.74) is 5.40. The fourth-order valence-corrected chi connectivity index (χ4v) is 5.32. The average Bonchev–Trinajstić information content (AvgIpc) is 3.60. The zero-order chi connectivity index (χ0) is 27.4. The Bertz CT molecular complexity index is 1400. The van der Waals surface area contributed by atoms with E-state index in [2.05, 4.69) is 16.8 Å². The highest BCUT2D eigenvalue weighted by Crippen LogP contribution is 2.42. The molecule has 0 N–H and O–H groups in total. The summed E-state index contributed by atoms with van der Waals surface area (Å²) in [5, 5.41) is 0. The molecule has 39 heavy (non-hydrogen) atoms. The third-order valence-corrected chi connectivity index (χ3v) is 7.31. The summed E-state index contributed by atoms with van der Waals surface area (Å²) in [7, 11) is 1.37. The van der Waals surface area contributed by atoms with Crippen molar-refractivity contribution in [1.82, 2.24) is 4.98 Å². The number of hydrogen-bond donors (Lipinski definition) is 0. The molecule has 6 nitrogen and oxygen atoms in total. The molecular weight excluding hydrogens is 497 g/mol. The molecule has 0 amide bonds. The Kier molecular flexibility index (Phi) is 8.13. The maximum Gasteiger partial charge on any atom is 0.307 e. The van der Waals surface area contributed by atoms with Crippen molar-refractivity contribution in [3.05, 3.63) is 76.7 Å². The Balaban J connectivity index is 1.35. The smallest absolute Gasteiger partial charge is 0.307 e. The quantitative estimate of drug-likeness (QED) is 0.260. The lowest BCUT2D eigenvalue weighted by atomic mass is 9.94. The second kappa shape index (κ2) is 11.9. The number of rotatable bonds is 8. The van der Waals surface area contributed by atoms with Crippen LogP contribution in [0.5, 0.6) is 11.6 Å². The predicted molar refractivity (Wildman–Crippen MR) is 145 cm³/mol. The summed E-state index contributed by atoms with van der Waals surface area (Å²) < 4.78 is 37.6. The van der Waals surface area contributed by atoms with Gasteiger partial charge in [-0.2, -0.15) is 0 Å². The van der Waals surface area contributed by atoms with E-state index in [4.69, 9.17) is 18.9 Å². The van der Waals surface area contributed by atoms with Crippen LogP contribution >= 0.6 is 0 Å². The van der Waals surface area contributed by atoms with Gasteiger partial charge in [-0.1, -0.05) is 24.1 Å². The maximum atomic E-state index is 15.2. The number of carbonyl (C=O) groups is 1. The summed E-state index contributed by atoms with van der Waals surface area (Å²) >= 11 is 0. The normalized spacial score (nSPS) is 18.6. The van der Waals surface area contributed by atoms with Crippen molar-refractivity contribution in [2.75, 3.05) is 20.3 Å². The Morgan fingerprint density at radius 3 is 2.67 bits per heavy atom. The molecule has 1 aliphatic heterocycles. The highest BCUT2D eigenvalue weighted by atomic mass is 19.1. The van der Waals surface area contributed by atoms with Crippen LogP contribution in [0.25, 0.3) is 11.1 Å². The first-order valence-corrected chi connectivity index (χ1v) is 13.2. The molecule has 1 aromatic heterocycles. The number of methoxy groups -OCH3 is 1. The molecule has 0 saturated carbocycles. The van der Waals surface area contributed by atoms with Crippen molar-refractivity contribution < 1.29 is 28.1 Å². The van der Waals surface area contributed by atoms with Gasteiger partial charge >= 0.3 is 5.97 Å². The number of hydrogen-bond acceptors (Lipinski definition) is 6. The molecule has 2 heterocycles. The highest BCUT2D eigenvalue weighted by molar-refractivity contribution is 5.73. The second-order valence-corrected chi connectivity index (χ2v) is 9.87. The molecule has 1 unspecified atom stereocenters. The number of fused-ring (bicyclic) bond motifs is 1. The van der Waals surface area contributed by atoms with Crippen molar-refractivity contribution >= 4 is 5.97 Å². The number of carbonyl (C=O) groups excluding carboxylic acids is 1. The number of aromatic nitrogens is 1. The molecule has 0 bridgehead atoms. The number of halogens is 1. The molecule has 2 aromatic carbocycles. The first-order valence-electron chi connectivity index (χ1n) is 13.2. The molecular formula is C32H32FNO5. The second-order valence-electron chi connectivity index (χ2n) is 9.87. The highest BCUT2D eigenvalue weighted by Gasteiger charge is 2.31. The molecule has 7 heteroatoms. The molecule has 3 atom stereocenters. The fraction of sp³-hybridized carbons (Fsp3) is 0.375. The van der Waals surface area contributed by atoms with Crippen molar-refractivity contribution in [3.63, 3.8) is 0 Å². The summed E-state index contributed by atoms with van der Waals surface area (Å²) in [5.74, 6) is 6.32. The van der Waals surface area contributed by atoms with Crippen LogP contribution < -0.4 is 9.47 Å². The van der Waals surface area contributed by atoms with E-state index >= 15 is 4.39 Å². The summed E-state index contributed by atoms with van der Waals surface area (Å²) in [6, 6.07) is 12.8. The maximum absolute atomic E-state index is 15.2. The summed E-state index contributed by atoms with van der Waals surface area (Å²) in [4.78, 5) is 16.3. The molecule has 3 aromatic rings. The third-order valence-electron chi connectivity index (χ3n) is 7.31. The minimum atomic E-state index is -0.398. The van der Waals surface area contributed by atoms with Gasteiger partial charge in [0.25, 0.3) is 0 Å². The van der Waals surface area contributed by atoms with E-state index in [1.165, 1.54) is 13.2 Å². The number of pyridine rings is 1. The Morgan fingerprint density at radius 1 is 1.15 bits per heavy atom. The van der Waals surface area contributed by atoms with Crippen LogP contribution in [-0.4, -0.2) is 37.4 Å². The standard InChI is InChI=1S/C32H32FNO5/c1-4-5-22(17-31(35)36-3)21-6-8-23(9-7-21)38-29-13-11-26-25(10-12-28(33)32(26)29)27-18-34-30(16-20(27)2)39-24-14-15-37-19-24/h6-10,12,16,18,22,24,29H,11,13-15,17,19H2,1-3H3/t22?,24-,29-/m1/s1. The third kappa shape index (κ3) is 5.91. The molecule has 202 valence electrons. The number of aryl methyl sites for hydroxylation is 1. The Labute approximate surface area is 228 Å². The number of nitrogens with zero attached hydrogens (tertiary/aromatic N) is 1. The van der Waals surface area contributed by atoms with Gasteiger partial charge in [0.1, 0.15) is 23.8 Å². The number of esters is 1. The van der Waals surface area contributed by atoms with E-state index in [9.17, 15) is 4.79 Å². The van der Waals surface area contributed by atoms with Crippen molar-refractivity contribution in [1.29, 1.82) is 0 Å². The van der Waals surface area contributed by atoms with Gasteiger partial charge in [-0.25, -0.2) is 9.37 Å². The average molecular weight is 530 g/mol. The molecule has 0 radical (unpaired) electrons. The van der Waals surface area contributed by atoms with Crippen molar-refractivity contribution in [3.8, 4) is 34.6 Å². The van der Waals surface area contributed by atoms with E-state index in [0.29, 0.717) is 43.2 Å². The van der Waals surface area contributed by atoms with Crippen LogP contribution in [0, 0.1) is 24.6 Å². The van der Waals surface area contributed by atoms with E-state index in [1.807, 2.05) is 49.5 Å². The molecule has 0 spiro atoms. The lowest BCUT2D eigenvalue weighted by Gasteiger charge is -2.18. The van der Waals surface area contributed by atoms with Crippen LogP contribution in [0.2, 0.25) is 0 Å². The molecule has 1 fully saturated rings. The van der Waals surface area contributed by atoms with Gasteiger partial charge in [0, 0.05) is 29.8 Å². The van der Waals surface area contributed by atoms with Crippen LogP contribution in [-0.2, 0) is 20.7 Å². The molecule has 2 aliphatic rings. The van der Waals surface area contributed by atoms with E-state index in [0.717, 1.165) is 34.2 Å². The first-order chi connectivity index (χ1) is 19.0. The minimum absolute atomic E-state index is 0.0306. The minimum Gasteiger partial charge on any atom is -0.486 e. The Morgan fingerprint density at radius 2 is 1.97 bits per heavy atom. The van der Waals surface area contributed by atoms with Gasteiger partial charge in [0.2, 0.25) is 5.88 Å². The zero-order valence-electron chi connectivity index (χ0n) is 22.5. The largest absolute Gasteiger partial charge is 0.486 e. The fourth-order valence-electron chi connectivity index (χ4n) is 5.32. The topological polar surface area (TPSA) is 66.9 Å². The van der Waals surface area contributed by atoms with Crippen LogP contribution in [0.3, 0.4) is 0 Å². The zero-order valence-corrected chi connectivity index (χ0v) is 22.5. The van der Waals surface area contributed by atoms with E-state index in [-0.39, 0.29) is 30.2 Å². The van der Waals surface area contributed by atoms with E-state index < -0.39 is 6.10 Å². The van der Waals surface area contributed by atoms with Crippen LogP contribution in [0.4, 0.5) is 4.39 Å². The monoisotopic (exact) mass is 529 g/mol. The van der Waals surface area contributed by atoms with Gasteiger partial charge in [-0.3, -0.25) is 4.79 Å². The van der Waals surface area contributed by atoms with Crippen molar-refractivity contribution in [2.45, 2.75) is 57.7 Å². The van der Waals surface area contributed by atoms with Gasteiger partial charge < -0.3 is 18.9 Å². The number of ether oxygens (including phenoxy) is 4. The van der Waals surface area contributed by atoms with Crippen LogP contribution in [0.15, 0.2) is 48.7 Å². The molecule has 5 rings (SSSR count). The molecule has 1 saturated heterocycles. The predicted octanol–water partition coefficient (Wildman–Crippen LogP) is 6.10. The first kappa shape index (κ1) is 26.7. The van der Waals surface area contributed by atoms with E-state index in [1.54, 1.807) is 6.92 Å². The van der Waals surface area contributed by atoms with Gasteiger partial charge in [0.05, 0.1) is 32.7 Å². The van der Waals surface area contributed by atoms with Gasteiger partial charge in [-0.15, -0.1) is 5.92 Å².